The van der Waals surface area contributed by atoms with Crippen molar-refractivity contribution in [1.82, 2.24) is 9.96 Å². The minimum atomic E-state index is -0.470. The number of hydroxylamine groups is 2. The van der Waals surface area contributed by atoms with E-state index >= 15 is 0 Å². The monoisotopic (exact) mass is 397 g/mol. The normalized spacial score (nSPS) is 13.1. The van der Waals surface area contributed by atoms with Gasteiger partial charge in [-0.25, -0.2) is 4.79 Å². The van der Waals surface area contributed by atoms with Crippen LogP contribution < -0.4 is 0 Å². The van der Waals surface area contributed by atoms with Crippen molar-refractivity contribution in [1.29, 1.82) is 0 Å². The average molecular weight is 397 g/mol. The molecular formula is C20H19N3O4S. The molecule has 144 valence electrons. The van der Waals surface area contributed by atoms with Gasteiger partial charge in [0.15, 0.2) is 0 Å². The summed E-state index contributed by atoms with van der Waals surface area (Å²) < 4.78 is 0. The van der Waals surface area contributed by atoms with Crippen molar-refractivity contribution >= 4 is 28.6 Å². The molecule has 0 saturated carbocycles. The van der Waals surface area contributed by atoms with Crippen molar-refractivity contribution in [3.05, 3.63) is 93.3 Å². The van der Waals surface area contributed by atoms with Gasteiger partial charge in [0, 0.05) is 23.7 Å². The maximum atomic E-state index is 12.9. The van der Waals surface area contributed by atoms with E-state index in [4.69, 9.17) is 4.84 Å². The van der Waals surface area contributed by atoms with Crippen molar-refractivity contribution in [2.75, 3.05) is 13.2 Å². The Morgan fingerprint density at radius 1 is 1.36 bits per heavy atom. The average Bonchev–Trinajstić information content (AvgIpc) is 3.26. The Hall–Kier alpha value is -3.23. The Morgan fingerprint density at radius 2 is 2.18 bits per heavy atom. The van der Waals surface area contributed by atoms with Crippen LogP contribution in [0.4, 0.5) is 10.5 Å². The third-order valence-corrected chi connectivity index (χ3v) is 4.98. The van der Waals surface area contributed by atoms with Crippen molar-refractivity contribution in [3.63, 3.8) is 0 Å². The van der Waals surface area contributed by atoms with Gasteiger partial charge < -0.3 is 0 Å². The number of amides is 2. The summed E-state index contributed by atoms with van der Waals surface area (Å²) in [5.41, 5.74) is 1.38. The summed E-state index contributed by atoms with van der Waals surface area (Å²) in [5.74, 6) is 0. The molecule has 0 radical (unpaired) electrons. The molecule has 7 nitrogen and oxygen atoms in total. The lowest BCUT2D eigenvalue weighted by Crippen LogP contribution is -2.41. The highest BCUT2D eigenvalue weighted by Gasteiger charge is 2.24. The van der Waals surface area contributed by atoms with E-state index in [-0.39, 0.29) is 18.8 Å². The molecule has 1 aromatic heterocycles. The van der Waals surface area contributed by atoms with Gasteiger partial charge in [0.2, 0.25) is 0 Å². The summed E-state index contributed by atoms with van der Waals surface area (Å²) >= 11 is 1.63. The van der Waals surface area contributed by atoms with Crippen LogP contribution in [0.5, 0.6) is 0 Å². The Balaban J connectivity index is 1.75. The molecule has 1 aliphatic heterocycles. The van der Waals surface area contributed by atoms with E-state index in [2.05, 4.69) is 6.58 Å². The minimum Gasteiger partial charge on any atom is -0.295 e. The predicted molar refractivity (Wildman–Crippen MR) is 108 cm³/mol. The highest BCUT2D eigenvalue weighted by Crippen LogP contribution is 2.25. The summed E-state index contributed by atoms with van der Waals surface area (Å²) in [6, 6.07) is 9.88. The third kappa shape index (κ3) is 4.54. The predicted octanol–water partition coefficient (Wildman–Crippen LogP) is 4.61. The molecule has 0 aliphatic carbocycles. The number of nitrogens with zero attached hydrogens (tertiary/aromatic N) is 3. The number of nitro groups is 1. The van der Waals surface area contributed by atoms with Crippen LogP contribution in [0, 0.1) is 10.1 Å². The molecule has 0 saturated heterocycles. The van der Waals surface area contributed by atoms with Crippen LogP contribution in [0.3, 0.4) is 0 Å². The Kier molecular flexibility index (Phi) is 6.36. The highest BCUT2D eigenvalue weighted by molar-refractivity contribution is 7.11. The lowest BCUT2D eigenvalue weighted by Gasteiger charge is -2.28. The van der Waals surface area contributed by atoms with Crippen LogP contribution in [0.25, 0.3) is 5.57 Å². The molecule has 0 unspecified atom stereocenters. The van der Waals surface area contributed by atoms with Crippen molar-refractivity contribution in [2.24, 2.45) is 0 Å². The van der Waals surface area contributed by atoms with Crippen LogP contribution in [-0.4, -0.2) is 34.1 Å². The molecule has 2 heterocycles. The standard InChI is InChI=1S/C20H19N3O4S/c1-2-13-27-22(15-17-6-3-4-7-18(17)23(25)26)20(24)21-11-9-16(10-12-21)19-8-5-14-28-19/h2-11,14H,1,12-13,15H2. The first-order valence-electron chi connectivity index (χ1n) is 8.56. The molecule has 0 N–H and O–H groups in total. The molecule has 2 aromatic rings. The third-order valence-electron chi connectivity index (χ3n) is 4.06. The number of benzene rings is 1. The van der Waals surface area contributed by atoms with E-state index < -0.39 is 11.0 Å². The summed E-state index contributed by atoms with van der Waals surface area (Å²) in [5, 5.41) is 14.4. The lowest BCUT2D eigenvalue weighted by molar-refractivity contribution is -0.386. The molecule has 28 heavy (non-hydrogen) atoms. The Morgan fingerprint density at radius 3 is 2.82 bits per heavy atom. The summed E-state index contributed by atoms with van der Waals surface area (Å²) in [4.78, 5) is 31.8. The minimum absolute atomic E-state index is 0.0460. The van der Waals surface area contributed by atoms with Crippen molar-refractivity contribution < 1.29 is 14.6 Å². The van der Waals surface area contributed by atoms with Crippen LogP contribution in [0.1, 0.15) is 10.4 Å². The molecule has 0 fully saturated rings. The zero-order chi connectivity index (χ0) is 19.9. The molecular weight excluding hydrogens is 378 g/mol. The number of para-hydroxylation sites is 1. The fourth-order valence-corrected chi connectivity index (χ4v) is 3.44. The van der Waals surface area contributed by atoms with Gasteiger partial charge in [0.05, 0.1) is 23.6 Å². The number of rotatable bonds is 7. The number of hydrogen-bond donors (Lipinski definition) is 0. The van der Waals surface area contributed by atoms with Crippen LogP contribution in [0.15, 0.2) is 72.8 Å². The SMILES string of the molecule is C=CCON(Cc1ccccc1[N+](=O)[O-])C(=O)N1C=CC(c2cccs2)=CC1. The number of allylic oxidation sites excluding steroid dienone is 2. The second kappa shape index (κ2) is 9.12. The molecule has 8 heteroatoms. The van der Waals surface area contributed by atoms with Gasteiger partial charge in [-0.05, 0) is 23.1 Å². The maximum absolute atomic E-state index is 12.9. The van der Waals surface area contributed by atoms with Crippen molar-refractivity contribution in [2.45, 2.75) is 6.54 Å². The van der Waals surface area contributed by atoms with Gasteiger partial charge in [-0.1, -0.05) is 36.4 Å². The first kappa shape index (κ1) is 19.5. The quantitative estimate of drug-likeness (QED) is 0.388. The van der Waals surface area contributed by atoms with Gasteiger partial charge in [0.1, 0.15) is 0 Å². The van der Waals surface area contributed by atoms with Gasteiger partial charge in [-0.3, -0.25) is 19.9 Å². The Labute approximate surface area is 166 Å². The zero-order valence-corrected chi connectivity index (χ0v) is 15.9. The summed E-state index contributed by atoms with van der Waals surface area (Å²) in [7, 11) is 0. The van der Waals surface area contributed by atoms with E-state index in [9.17, 15) is 14.9 Å². The molecule has 1 aliphatic rings. The van der Waals surface area contributed by atoms with Crippen molar-refractivity contribution in [3.8, 4) is 0 Å². The van der Waals surface area contributed by atoms with E-state index in [1.165, 1.54) is 17.0 Å². The van der Waals surface area contributed by atoms with E-state index in [1.54, 1.807) is 35.7 Å². The number of thiophene rings is 1. The highest BCUT2D eigenvalue weighted by atomic mass is 32.1. The van der Waals surface area contributed by atoms with Gasteiger partial charge in [-0.2, -0.15) is 5.06 Å². The fraction of sp³-hybridized carbons (Fsp3) is 0.150. The summed E-state index contributed by atoms with van der Waals surface area (Å²) in [6.45, 7) is 4.04. The Bertz CT molecular complexity index is 921. The largest absolute Gasteiger partial charge is 0.348 e. The number of hydrogen-bond acceptors (Lipinski definition) is 5. The smallest absolute Gasteiger partial charge is 0.295 e. The van der Waals surface area contributed by atoms with Crippen LogP contribution in [0.2, 0.25) is 0 Å². The first-order valence-corrected chi connectivity index (χ1v) is 9.44. The number of carbonyl (C=O) groups is 1. The number of urea groups is 1. The first-order chi connectivity index (χ1) is 13.6. The van der Waals surface area contributed by atoms with Gasteiger partial charge in [-0.15, -0.1) is 17.9 Å². The molecule has 3 rings (SSSR count). The molecule has 0 spiro atoms. The van der Waals surface area contributed by atoms with E-state index in [1.807, 2.05) is 29.7 Å². The molecule has 0 atom stereocenters. The topological polar surface area (TPSA) is 75.9 Å². The second-order valence-electron chi connectivity index (χ2n) is 5.89. The van der Waals surface area contributed by atoms with E-state index in [0.717, 1.165) is 15.5 Å². The van der Waals surface area contributed by atoms with E-state index in [0.29, 0.717) is 12.1 Å². The lowest BCUT2D eigenvalue weighted by atomic mass is 10.1. The number of carbonyl (C=O) groups excluding carboxylic acids is 1. The zero-order valence-electron chi connectivity index (χ0n) is 15.1. The fourth-order valence-electron chi connectivity index (χ4n) is 2.70. The number of nitro benzene ring substituents is 1. The van der Waals surface area contributed by atoms with Crippen LogP contribution >= 0.6 is 11.3 Å². The second-order valence-corrected chi connectivity index (χ2v) is 6.84. The maximum Gasteiger partial charge on any atom is 0.348 e. The van der Waals surface area contributed by atoms with Gasteiger partial charge >= 0.3 is 6.03 Å². The molecule has 0 bridgehead atoms. The molecule has 1 aromatic carbocycles. The molecule has 2 amide bonds. The van der Waals surface area contributed by atoms with Gasteiger partial charge in [0.25, 0.3) is 5.69 Å². The summed E-state index contributed by atoms with van der Waals surface area (Å²) in [6.07, 6.45) is 7.03. The van der Waals surface area contributed by atoms with Crippen LogP contribution in [-0.2, 0) is 11.4 Å².